The number of aromatic nitrogens is 3. The number of hydrogen-bond donors (Lipinski definition) is 1. The number of anilines is 1. The van der Waals surface area contributed by atoms with Gasteiger partial charge in [-0.2, -0.15) is 14.6 Å². The Morgan fingerprint density at radius 2 is 1.94 bits per heavy atom. The number of benzene rings is 1. The Morgan fingerprint density at radius 1 is 1.22 bits per heavy atom. The second-order valence-electron chi connectivity index (χ2n) is 7.34. The van der Waals surface area contributed by atoms with Gasteiger partial charge in [0.25, 0.3) is 11.1 Å². The van der Waals surface area contributed by atoms with Crippen molar-refractivity contribution in [1.82, 2.24) is 13.9 Å². The van der Waals surface area contributed by atoms with Crippen molar-refractivity contribution < 1.29 is 13.2 Å². The summed E-state index contributed by atoms with van der Waals surface area (Å²) in [6.07, 6.45) is 1.51. The Morgan fingerprint density at radius 3 is 2.56 bits per heavy atom. The molecule has 0 saturated heterocycles. The molecule has 0 saturated carbocycles. The first-order valence-electron chi connectivity index (χ1n) is 9.83. The molecule has 2 heterocycles. The summed E-state index contributed by atoms with van der Waals surface area (Å²) in [5.74, 6) is -0.823. The van der Waals surface area contributed by atoms with Crippen molar-refractivity contribution >= 4 is 38.5 Å². The van der Waals surface area contributed by atoms with Gasteiger partial charge in [-0.15, -0.1) is 0 Å². The van der Waals surface area contributed by atoms with E-state index in [-0.39, 0.29) is 21.6 Å². The molecule has 0 aliphatic carbocycles. The minimum atomic E-state index is -3.57. The van der Waals surface area contributed by atoms with E-state index in [1.165, 1.54) is 24.1 Å². The fourth-order valence-electron chi connectivity index (χ4n) is 3.18. The summed E-state index contributed by atoms with van der Waals surface area (Å²) < 4.78 is 29.6. The Hall–Kier alpha value is -3.29. The van der Waals surface area contributed by atoms with Crippen LogP contribution >= 0.6 is 11.5 Å². The molecule has 0 aliphatic heterocycles. The molecule has 1 aromatic carbocycles. The zero-order valence-corrected chi connectivity index (χ0v) is 20.1. The number of aryl methyl sites for hydroxylation is 3. The third-order valence-corrected chi connectivity index (χ3v) is 7.42. The predicted octanol–water partition coefficient (Wildman–Crippen LogP) is 3.90. The largest absolute Gasteiger partial charge is 0.318 e. The third-order valence-electron chi connectivity index (χ3n) is 5.17. The van der Waals surface area contributed by atoms with Gasteiger partial charge in [-0.25, -0.2) is 8.42 Å². The lowest BCUT2D eigenvalue weighted by Gasteiger charge is -2.11. The maximum atomic E-state index is 12.6. The molecule has 1 amide bonds. The minimum absolute atomic E-state index is 0.0174. The van der Waals surface area contributed by atoms with Crippen LogP contribution in [-0.4, -0.2) is 34.0 Å². The second-order valence-corrected chi connectivity index (χ2v) is 10.3. The number of carbonyl (C=O) groups excluding carboxylic acids is 1. The van der Waals surface area contributed by atoms with Crippen LogP contribution in [0.15, 0.2) is 35.0 Å². The van der Waals surface area contributed by atoms with E-state index in [4.69, 9.17) is 0 Å². The van der Waals surface area contributed by atoms with E-state index in [9.17, 15) is 18.5 Å². The first-order valence-corrected chi connectivity index (χ1v) is 12.3. The molecular weight excluding hydrogens is 446 g/mol. The smallest absolute Gasteiger partial charge is 0.268 e. The number of carbonyl (C=O) groups is 1. The maximum Gasteiger partial charge on any atom is 0.268 e. The number of rotatable bonds is 6. The molecule has 0 bridgehead atoms. The average molecular weight is 470 g/mol. The van der Waals surface area contributed by atoms with Crippen LogP contribution in [0.25, 0.3) is 11.8 Å². The molecule has 0 atom stereocenters. The van der Waals surface area contributed by atoms with Crippen molar-refractivity contribution in [1.29, 1.82) is 5.26 Å². The van der Waals surface area contributed by atoms with Gasteiger partial charge < -0.3 is 4.57 Å². The van der Waals surface area contributed by atoms with Crippen molar-refractivity contribution in [3.05, 3.63) is 57.9 Å². The Labute approximate surface area is 191 Å². The molecule has 0 radical (unpaired) electrons. The van der Waals surface area contributed by atoms with E-state index in [1.54, 1.807) is 0 Å². The lowest BCUT2D eigenvalue weighted by molar-refractivity contribution is -0.112. The molecule has 166 valence electrons. The lowest BCUT2D eigenvalue weighted by atomic mass is 10.1. The van der Waals surface area contributed by atoms with Crippen LogP contribution in [-0.2, 0) is 14.6 Å². The van der Waals surface area contributed by atoms with Crippen LogP contribution in [0.4, 0.5) is 5.13 Å². The van der Waals surface area contributed by atoms with E-state index in [1.807, 2.05) is 32.0 Å². The number of nitrogens with zero attached hydrogens (tertiary/aromatic N) is 4. The second kappa shape index (κ2) is 9.06. The highest BCUT2D eigenvalue weighted by atomic mass is 32.2. The van der Waals surface area contributed by atoms with Gasteiger partial charge in [-0.3, -0.25) is 10.1 Å². The van der Waals surface area contributed by atoms with Gasteiger partial charge in [0, 0.05) is 28.6 Å². The molecule has 0 spiro atoms. The highest BCUT2D eigenvalue weighted by Crippen LogP contribution is 2.25. The summed E-state index contributed by atoms with van der Waals surface area (Å²) in [6, 6.07) is 10.0. The monoisotopic (exact) mass is 469 g/mol. The Bertz CT molecular complexity index is 1370. The summed E-state index contributed by atoms with van der Waals surface area (Å²) in [5.41, 5.74) is 5.84. The van der Waals surface area contributed by atoms with Gasteiger partial charge in [0.2, 0.25) is 15.0 Å². The van der Waals surface area contributed by atoms with Gasteiger partial charge in [-0.05, 0) is 68.7 Å². The lowest BCUT2D eigenvalue weighted by Crippen LogP contribution is -2.14. The zero-order chi connectivity index (χ0) is 23.6. The van der Waals surface area contributed by atoms with Crippen molar-refractivity contribution in [2.75, 3.05) is 11.1 Å². The molecule has 1 N–H and O–H groups in total. The number of amides is 1. The molecule has 3 aromatic rings. The molecular formula is C22H23N5O3S2. The summed E-state index contributed by atoms with van der Waals surface area (Å²) >= 11 is 0.751. The summed E-state index contributed by atoms with van der Waals surface area (Å²) in [5, 5.41) is 11.7. The number of sulfone groups is 1. The van der Waals surface area contributed by atoms with Crippen LogP contribution in [0.1, 0.15) is 35.0 Å². The predicted molar refractivity (Wildman–Crippen MR) is 125 cm³/mol. The van der Waals surface area contributed by atoms with Crippen LogP contribution in [0.3, 0.4) is 0 Å². The first-order chi connectivity index (χ1) is 15.1. The van der Waals surface area contributed by atoms with Crippen LogP contribution in [0.2, 0.25) is 0 Å². The topological polar surface area (TPSA) is 118 Å². The molecule has 8 nitrogen and oxygen atoms in total. The summed E-state index contributed by atoms with van der Waals surface area (Å²) in [7, 11) is -3.57. The number of hydrogen-bond acceptors (Lipinski definition) is 7. The number of nitrogens with one attached hydrogen (secondary N) is 1. The highest BCUT2D eigenvalue weighted by molar-refractivity contribution is 7.91. The van der Waals surface area contributed by atoms with E-state index >= 15 is 0 Å². The molecule has 0 aliphatic rings. The van der Waals surface area contributed by atoms with Gasteiger partial charge in [0.1, 0.15) is 11.6 Å². The summed E-state index contributed by atoms with van der Waals surface area (Å²) in [6.45, 7) is 9.48. The van der Waals surface area contributed by atoms with Crippen molar-refractivity contribution in [3.63, 3.8) is 0 Å². The van der Waals surface area contributed by atoms with Gasteiger partial charge in [-0.1, -0.05) is 13.0 Å². The van der Waals surface area contributed by atoms with E-state index in [0.717, 1.165) is 34.2 Å². The SMILES string of the molecule is CCS(=O)(=O)c1nsc(NC(=O)C(C#N)=Cc2cc(C)n(-c3ccc(C)c(C)c3)c2C)n1. The molecule has 2 aromatic heterocycles. The zero-order valence-electron chi connectivity index (χ0n) is 18.4. The van der Waals surface area contributed by atoms with Gasteiger partial charge in [0.05, 0.1) is 5.75 Å². The van der Waals surface area contributed by atoms with Gasteiger partial charge in [0.15, 0.2) is 0 Å². The molecule has 0 fully saturated rings. The first kappa shape index (κ1) is 23.4. The fourth-order valence-corrected chi connectivity index (χ4v) is 4.76. The molecule has 3 rings (SSSR count). The van der Waals surface area contributed by atoms with E-state index in [0.29, 0.717) is 0 Å². The molecule has 10 heteroatoms. The molecule has 0 unspecified atom stereocenters. The normalized spacial score (nSPS) is 11.9. The van der Waals surface area contributed by atoms with Crippen molar-refractivity contribution in [3.8, 4) is 11.8 Å². The number of nitriles is 1. The quantitative estimate of drug-likeness (QED) is 0.432. The maximum absolute atomic E-state index is 12.6. The Kier molecular flexibility index (Phi) is 6.62. The highest BCUT2D eigenvalue weighted by Gasteiger charge is 2.20. The fraction of sp³-hybridized carbons (Fsp3) is 0.273. The van der Waals surface area contributed by atoms with Crippen LogP contribution in [0, 0.1) is 39.0 Å². The van der Waals surface area contributed by atoms with Crippen molar-refractivity contribution in [2.45, 2.75) is 39.8 Å². The third kappa shape index (κ3) is 4.64. The van der Waals surface area contributed by atoms with Gasteiger partial charge >= 0.3 is 0 Å². The standard InChI is InChI=1S/C22H23N5O3S2/c1-6-32(29,30)22-25-21(31-26-22)24-20(28)18(12-23)11-17-10-15(4)27(16(17)5)19-8-7-13(2)14(3)9-19/h7-11H,6H2,1-5H3,(H,24,25,26,28). The van der Waals surface area contributed by atoms with Crippen LogP contribution < -0.4 is 5.32 Å². The van der Waals surface area contributed by atoms with E-state index < -0.39 is 15.7 Å². The van der Waals surface area contributed by atoms with Crippen LogP contribution in [0.5, 0.6) is 0 Å². The van der Waals surface area contributed by atoms with E-state index in [2.05, 4.69) is 45.2 Å². The Balaban J connectivity index is 1.90. The molecule has 32 heavy (non-hydrogen) atoms. The minimum Gasteiger partial charge on any atom is -0.318 e. The van der Waals surface area contributed by atoms with Crippen molar-refractivity contribution in [2.24, 2.45) is 0 Å². The average Bonchev–Trinajstić information content (AvgIpc) is 3.33. The summed E-state index contributed by atoms with van der Waals surface area (Å²) in [4.78, 5) is 16.5.